The molecule has 0 amide bonds. The Morgan fingerprint density at radius 1 is 1.38 bits per heavy atom. The number of alkyl halides is 1. The Kier molecular flexibility index (Phi) is 4.78. The zero-order valence-corrected chi connectivity index (χ0v) is 9.81. The summed E-state index contributed by atoms with van der Waals surface area (Å²) in [4.78, 5) is 0. The highest BCUT2D eigenvalue weighted by atomic mass is 79.9. The van der Waals surface area contributed by atoms with Crippen molar-refractivity contribution in [3.8, 4) is 0 Å². The van der Waals surface area contributed by atoms with Crippen LogP contribution in [0.1, 0.15) is 17.4 Å². The van der Waals surface area contributed by atoms with Gasteiger partial charge < -0.3 is 4.74 Å². The molecule has 0 aromatic heterocycles. The van der Waals surface area contributed by atoms with Gasteiger partial charge in [0.05, 0.1) is 5.38 Å². The summed E-state index contributed by atoms with van der Waals surface area (Å²) in [5, 5.41) is 0.0491. The third-order valence-electron chi connectivity index (χ3n) is 1.81. The molecule has 3 heteroatoms. The number of methoxy groups -OCH3 is 1. The smallest absolute Gasteiger partial charge is 0.0607 e. The van der Waals surface area contributed by atoms with Crippen LogP contribution in [0, 0.1) is 0 Å². The Bertz CT molecular complexity index is 248. The SMILES string of the molecule is COCCC(Cl)c1ccc(Br)cc1. The highest BCUT2D eigenvalue weighted by Crippen LogP contribution is 2.25. The van der Waals surface area contributed by atoms with E-state index in [2.05, 4.69) is 15.9 Å². The molecule has 1 atom stereocenters. The van der Waals surface area contributed by atoms with Gasteiger partial charge >= 0.3 is 0 Å². The van der Waals surface area contributed by atoms with Crippen molar-refractivity contribution in [3.63, 3.8) is 0 Å². The summed E-state index contributed by atoms with van der Waals surface area (Å²) in [6, 6.07) is 8.05. The highest BCUT2D eigenvalue weighted by Gasteiger charge is 2.06. The van der Waals surface area contributed by atoms with Gasteiger partial charge in [0.15, 0.2) is 0 Å². The minimum atomic E-state index is 0.0491. The van der Waals surface area contributed by atoms with Crippen molar-refractivity contribution >= 4 is 27.5 Å². The third-order valence-corrected chi connectivity index (χ3v) is 2.81. The molecule has 1 nitrogen and oxygen atoms in total. The van der Waals surface area contributed by atoms with Crippen molar-refractivity contribution in [2.45, 2.75) is 11.8 Å². The van der Waals surface area contributed by atoms with Crippen LogP contribution in [-0.2, 0) is 4.74 Å². The van der Waals surface area contributed by atoms with E-state index in [0.29, 0.717) is 6.61 Å². The van der Waals surface area contributed by atoms with E-state index >= 15 is 0 Å². The summed E-state index contributed by atoms with van der Waals surface area (Å²) >= 11 is 9.52. The fourth-order valence-electron chi connectivity index (χ4n) is 1.06. The Morgan fingerprint density at radius 3 is 2.54 bits per heavy atom. The maximum absolute atomic E-state index is 6.14. The normalized spacial score (nSPS) is 12.8. The van der Waals surface area contributed by atoms with Crippen molar-refractivity contribution in [2.75, 3.05) is 13.7 Å². The molecular formula is C10H12BrClO. The molecule has 0 spiro atoms. The molecule has 1 unspecified atom stereocenters. The fourth-order valence-corrected chi connectivity index (χ4v) is 1.56. The molecule has 1 aromatic rings. The Hall–Kier alpha value is -0.0500. The maximum atomic E-state index is 6.14. The average Bonchev–Trinajstić information content (AvgIpc) is 2.15. The van der Waals surface area contributed by atoms with Crippen LogP contribution < -0.4 is 0 Å². The number of benzene rings is 1. The lowest BCUT2D eigenvalue weighted by atomic mass is 10.1. The summed E-state index contributed by atoms with van der Waals surface area (Å²) in [5.41, 5.74) is 1.14. The lowest BCUT2D eigenvalue weighted by Gasteiger charge is -2.08. The van der Waals surface area contributed by atoms with E-state index in [1.54, 1.807) is 7.11 Å². The van der Waals surface area contributed by atoms with Crippen LogP contribution in [-0.4, -0.2) is 13.7 Å². The van der Waals surface area contributed by atoms with Crippen LogP contribution in [0.3, 0.4) is 0 Å². The first kappa shape index (κ1) is 11.0. The fraction of sp³-hybridized carbons (Fsp3) is 0.400. The van der Waals surface area contributed by atoms with E-state index < -0.39 is 0 Å². The number of hydrogen-bond donors (Lipinski definition) is 0. The second kappa shape index (κ2) is 5.63. The van der Waals surface area contributed by atoms with Gasteiger partial charge in [-0.15, -0.1) is 11.6 Å². The minimum absolute atomic E-state index is 0.0491. The first-order valence-electron chi connectivity index (χ1n) is 4.12. The van der Waals surface area contributed by atoms with Gasteiger partial charge in [0.25, 0.3) is 0 Å². The van der Waals surface area contributed by atoms with E-state index in [1.807, 2.05) is 24.3 Å². The Labute approximate surface area is 92.2 Å². The van der Waals surface area contributed by atoms with Crippen LogP contribution in [0.5, 0.6) is 0 Å². The van der Waals surface area contributed by atoms with Crippen LogP contribution in [0.4, 0.5) is 0 Å². The van der Waals surface area contributed by atoms with Gasteiger partial charge in [-0.3, -0.25) is 0 Å². The van der Waals surface area contributed by atoms with Gasteiger partial charge in [0.2, 0.25) is 0 Å². The second-order valence-electron chi connectivity index (χ2n) is 2.80. The van der Waals surface area contributed by atoms with E-state index in [4.69, 9.17) is 16.3 Å². The van der Waals surface area contributed by atoms with Gasteiger partial charge in [-0.25, -0.2) is 0 Å². The van der Waals surface area contributed by atoms with E-state index in [-0.39, 0.29) is 5.38 Å². The molecule has 0 saturated heterocycles. The van der Waals surface area contributed by atoms with E-state index in [9.17, 15) is 0 Å². The largest absolute Gasteiger partial charge is 0.385 e. The average molecular weight is 264 g/mol. The van der Waals surface area contributed by atoms with Gasteiger partial charge in [-0.1, -0.05) is 28.1 Å². The molecule has 0 N–H and O–H groups in total. The summed E-state index contributed by atoms with van der Waals surface area (Å²) in [5.74, 6) is 0. The first-order chi connectivity index (χ1) is 6.24. The number of ether oxygens (including phenoxy) is 1. The van der Waals surface area contributed by atoms with E-state index in [0.717, 1.165) is 16.5 Å². The predicted octanol–water partition coefficient (Wildman–Crippen LogP) is 3.77. The molecular weight excluding hydrogens is 251 g/mol. The molecule has 0 heterocycles. The van der Waals surface area contributed by atoms with Crippen molar-refractivity contribution in [1.29, 1.82) is 0 Å². The third kappa shape index (κ3) is 3.67. The van der Waals surface area contributed by atoms with Gasteiger partial charge in [-0.2, -0.15) is 0 Å². The highest BCUT2D eigenvalue weighted by molar-refractivity contribution is 9.10. The molecule has 13 heavy (non-hydrogen) atoms. The molecule has 0 saturated carbocycles. The molecule has 0 aliphatic rings. The molecule has 0 bridgehead atoms. The zero-order chi connectivity index (χ0) is 9.68. The Morgan fingerprint density at radius 2 is 2.00 bits per heavy atom. The summed E-state index contributed by atoms with van der Waals surface area (Å²) in [7, 11) is 1.69. The predicted molar refractivity (Wildman–Crippen MR) is 59.2 cm³/mol. The van der Waals surface area contributed by atoms with Crippen LogP contribution in [0.15, 0.2) is 28.7 Å². The van der Waals surface area contributed by atoms with Crippen molar-refractivity contribution < 1.29 is 4.74 Å². The molecule has 0 fully saturated rings. The molecule has 0 radical (unpaired) electrons. The topological polar surface area (TPSA) is 9.23 Å². The first-order valence-corrected chi connectivity index (χ1v) is 5.35. The lowest BCUT2D eigenvalue weighted by Crippen LogP contribution is -1.96. The summed E-state index contributed by atoms with van der Waals surface area (Å²) < 4.78 is 6.04. The van der Waals surface area contributed by atoms with Gasteiger partial charge in [-0.05, 0) is 24.1 Å². The van der Waals surface area contributed by atoms with Crippen molar-refractivity contribution in [1.82, 2.24) is 0 Å². The summed E-state index contributed by atoms with van der Waals surface area (Å²) in [6.07, 6.45) is 0.847. The summed E-state index contributed by atoms with van der Waals surface area (Å²) in [6.45, 7) is 0.699. The second-order valence-corrected chi connectivity index (χ2v) is 4.24. The molecule has 0 aliphatic heterocycles. The standard InChI is InChI=1S/C10H12BrClO/c1-13-7-6-10(12)8-2-4-9(11)5-3-8/h2-5,10H,6-7H2,1H3. The van der Waals surface area contributed by atoms with Crippen LogP contribution in [0.25, 0.3) is 0 Å². The van der Waals surface area contributed by atoms with Crippen LogP contribution in [0.2, 0.25) is 0 Å². The quantitative estimate of drug-likeness (QED) is 0.752. The number of halogens is 2. The van der Waals surface area contributed by atoms with Crippen molar-refractivity contribution in [2.24, 2.45) is 0 Å². The van der Waals surface area contributed by atoms with Gasteiger partial charge in [0.1, 0.15) is 0 Å². The van der Waals surface area contributed by atoms with Gasteiger partial charge in [0, 0.05) is 18.2 Å². The monoisotopic (exact) mass is 262 g/mol. The van der Waals surface area contributed by atoms with Crippen molar-refractivity contribution in [3.05, 3.63) is 34.3 Å². The molecule has 1 aromatic carbocycles. The Balaban J connectivity index is 2.55. The molecule has 1 rings (SSSR count). The number of hydrogen-bond acceptors (Lipinski definition) is 1. The molecule has 0 aliphatic carbocycles. The lowest BCUT2D eigenvalue weighted by molar-refractivity contribution is 0.194. The maximum Gasteiger partial charge on any atom is 0.0607 e. The minimum Gasteiger partial charge on any atom is -0.385 e. The number of rotatable bonds is 4. The van der Waals surface area contributed by atoms with E-state index in [1.165, 1.54) is 0 Å². The van der Waals surface area contributed by atoms with Crippen LogP contribution >= 0.6 is 27.5 Å². The molecule has 72 valence electrons. The zero-order valence-electron chi connectivity index (χ0n) is 7.47.